The maximum Gasteiger partial charge on any atom is 0.247 e. The van der Waals surface area contributed by atoms with Crippen LogP contribution in [0.3, 0.4) is 0 Å². The lowest BCUT2D eigenvalue weighted by molar-refractivity contribution is -0.152. The summed E-state index contributed by atoms with van der Waals surface area (Å²) < 4.78 is 0. The lowest BCUT2D eigenvalue weighted by Gasteiger charge is -2.41. The number of nitrogens with two attached hydrogens (primary N) is 2. The van der Waals surface area contributed by atoms with Gasteiger partial charge in [0.2, 0.25) is 23.6 Å². The third kappa shape index (κ3) is 5.53. The average molecular weight is 504 g/mol. The minimum atomic E-state index is -1.34. The van der Waals surface area contributed by atoms with Crippen molar-refractivity contribution in [3.8, 4) is 0 Å². The van der Waals surface area contributed by atoms with E-state index in [1.807, 2.05) is 30.3 Å². The molecular weight excluding hydrogens is 466 g/mol. The zero-order chi connectivity index (χ0) is 26.6. The summed E-state index contributed by atoms with van der Waals surface area (Å²) in [6.45, 7) is 3.39. The fourth-order valence-corrected chi connectivity index (χ4v) is 5.20. The van der Waals surface area contributed by atoms with Gasteiger partial charge in [0, 0.05) is 19.5 Å². The van der Waals surface area contributed by atoms with Gasteiger partial charge in [-0.3, -0.25) is 19.2 Å². The van der Waals surface area contributed by atoms with E-state index in [0.29, 0.717) is 32.2 Å². The van der Waals surface area contributed by atoms with Crippen LogP contribution in [0.1, 0.15) is 45.1 Å². The highest BCUT2D eigenvalue weighted by atomic mass is 16.3. The van der Waals surface area contributed by atoms with Gasteiger partial charge in [-0.15, -0.1) is 0 Å². The minimum Gasteiger partial charge on any atom is -0.391 e. The highest BCUT2D eigenvalue weighted by Gasteiger charge is 2.53. The largest absolute Gasteiger partial charge is 0.391 e. The summed E-state index contributed by atoms with van der Waals surface area (Å²) in [4.78, 5) is 55.4. The lowest BCUT2D eigenvalue weighted by Crippen LogP contribution is -2.65. The molecule has 0 saturated carbocycles. The molecule has 1 aromatic carbocycles. The standard InChI is InChI=1S/C25H37N5O6/c1-15(31)19(26)23(35)29-12-6-10-18(29)22(34)30-13-7-11-25(30,14-17-8-4-3-5-9-17)24(36)28-20(16(2)32)21(27)33/h3-5,8-9,15-16,18-20,31-32H,6-7,10-14,26H2,1-2H3,(H2,27,33)(H,28,36)/t15-,16-,18+,19-,20+,25+/m1/s1. The summed E-state index contributed by atoms with van der Waals surface area (Å²) in [5, 5.41) is 22.4. The van der Waals surface area contributed by atoms with Crippen molar-refractivity contribution < 1.29 is 29.4 Å². The van der Waals surface area contributed by atoms with Gasteiger partial charge >= 0.3 is 0 Å². The second-order valence-electron chi connectivity index (χ2n) is 9.84. The Kier molecular flexibility index (Phi) is 8.70. The van der Waals surface area contributed by atoms with E-state index in [1.165, 1.54) is 23.6 Å². The number of rotatable bonds is 9. The number of primary amides is 1. The second kappa shape index (κ2) is 11.4. The molecule has 7 N–H and O–H groups in total. The number of nitrogens with zero attached hydrogens (tertiary/aromatic N) is 2. The van der Waals surface area contributed by atoms with E-state index in [0.717, 1.165) is 5.56 Å². The Morgan fingerprint density at radius 2 is 1.75 bits per heavy atom. The van der Waals surface area contributed by atoms with Gasteiger partial charge < -0.3 is 36.8 Å². The van der Waals surface area contributed by atoms with Crippen LogP contribution < -0.4 is 16.8 Å². The van der Waals surface area contributed by atoms with Crippen LogP contribution in [-0.4, -0.2) is 92.6 Å². The van der Waals surface area contributed by atoms with E-state index in [9.17, 15) is 29.4 Å². The van der Waals surface area contributed by atoms with Gasteiger partial charge in [-0.1, -0.05) is 30.3 Å². The molecule has 2 aliphatic heterocycles. The Balaban J connectivity index is 1.96. The van der Waals surface area contributed by atoms with Crippen molar-refractivity contribution in [3.05, 3.63) is 35.9 Å². The summed E-state index contributed by atoms with van der Waals surface area (Å²) in [6.07, 6.45) is -0.246. The first-order valence-corrected chi connectivity index (χ1v) is 12.4. The van der Waals surface area contributed by atoms with Gasteiger partial charge in [-0.25, -0.2) is 0 Å². The number of benzene rings is 1. The van der Waals surface area contributed by atoms with E-state index in [2.05, 4.69) is 5.32 Å². The summed E-state index contributed by atoms with van der Waals surface area (Å²) in [6, 6.07) is 5.92. The molecule has 6 atom stereocenters. The van der Waals surface area contributed by atoms with Crippen LogP contribution in [0.15, 0.2) is 30.3 Å². The highest BCUT2D eigenvalue weighted by molar-refractivity contribution is 5.98. The monoisotopic (exact) mass is 503 g/mol. The normalized spacial score (nSPS) is 25.2. The first kappa shape index (κ1) is 27.6. The Morgan fingerprint density at radius 1 is 1.08 bits per heavy atom. The smallest absolute Gasteiger partial charge is 0.247 e. The Morgan fingerprint density at radius 3 is 2.33 bits per heavy atom. The highest BCUT2D eigenvalue weighted by Crippen LogP contribution is 2.36. The molecule has 0 aliphatic carbocycles. The number of hydrogen-bond acceptors (Lipinski definition) is 7. The van der Waals surface area contributed by atoms with E-state index in [-0.39, 0.29) is 18.9 Å². The van der Waals surface area contributed by atoms with Crippen LogP contribution in [0.5, 0.6) is 0 Å². The van der Waals surface area contributed by atoms with Crippen LogP contribution in [0.25, 0.3) is 0 Å². The molecule has 11 nitrogen and oxygen atoms in total. The van der Waals surface area contributed by atoms with Crippen LogP contribution in [-0.2, 0) is 25.6 Å². The van der Waals surface area contributed by atoms with E-state index in [1.54, 1.807) is 0 Å². The first-order valence-electron chi connectivity index (χ1n) is 12.4. The van der Waals surface area contributed by atoms with Gasteiger partial charge in [-0.2, -0.15) is 0 Å². The van der Waals surface area contributed by atoms with E-state index >= 15 is 0 Å². The predicted octanol–water partition coefficient (Wildman–Crippen LogP) is -1.36. The third-order valence-corrected chi connectivity index (χ3v) is 7.22. The number of carbonyl (C=O) groups is 4. The van der Waals surface area contributed by atoms with E-state index in [4.69, 9.17) is 11.5 Å². The molecule has 3 rings (SSSR count). The molecular formula is C25H37N5O6. The number of likely N-dealkylation sites (tertiary alicyclic amines) is 2. The molecule has 1 aromatic rings. The third-order valence-electron chi connectivity index (χ3n) is 7.22. The van der Waals surface area contributed by atoms with Crippen molar-refractivity contribution in [2.75, 3.05) is 13.1 Å². The van der Waals surface area contributed by atoms with Crippen molar-refractivity contribution in [2.24, 2.45) is 11.5 Å². The van der Waals surface area contributed by atoms with Crippen molar-refractivity contribution in [1.29, 1.82) is 0 Å². The minimum absolute atomic E-state index is 0.185. The number of nitrogens with one attached hydrogen (secondary N) is 1. The number of amides is 4. The average Bonchev–Trinajstić information content (AvgIpc) is 3.49. The lowest BCUT2D eigenvalue weighted by atomic mass is 9.86. The van der Waals surface area contributed by atoms with Crippen molar-refractivity contribution in [1.82, 2.24) is 15.1 Å². The number of carbonyl (C=O) groups excluding carboxylic acids is 4. The Labute approximate surface area is 210 Å². The fraction of sp³-hybridized carbons (Fsp3) is 0.600. The van der Waals surface area contributed by atoms with Gasteiger partial charge in [0.25, 0.3) is 0 Å². The Hall–Kier alpha value is -3.02. The summed E-state index contributed by atoms with van der Waals surface area (Å²) in [5.74, 6) is -2.36. The molecule has 2 aliphatic rings. The van der Waals surface area contributed by atoms with Crippen molar-refractivity contribution in [3.63, 3.8) is 0 Å². The van der Waals surface area contributed by atoms with Crippen molar-refractivity contribution in [2.45, 2.75) is 81.8 Å². The molecule has 2 fully saturated rings. The zero-order valence-corrected chi connectivity index (χ0v) is 20.8. The summed E-state index contributed by atoms with van der Waals surface area (Å²) in [7, 11) is 0. The van der Waals surface area contributed by atoms with Gasteiger partial charge in [0.1, 0.15) is 23.7 Å². The fourth-order valence-electron chi connectivity index (χ4n) is 5.20. The molecule has 0 unspecified atom stereocenters. The summed E-state index contributed by atoms with van der Waals surface area (Å²) in [5.41, 5.74) is 10.8. The van der Waals surface area contributed by atoms with E-state index < -0.39 is 53.6 Å². The molecule has 0 aromatic heterocycles. The maximum absolute atomic E-state index is 13.9. The molecule has 11 heteroatoms. The molecule has 0 spiro atoms. The van der Waals surface area contributed by atoms with Gasteiger partial charge in [-0.05, 0) is 45.1 Å². The van der Waals surface area contributed by atoms with Crippen LogP contribution in [0.2, 0.25) is 0 Å². The van der Waals surface area contributed by atoms with Crippen LogP contribution >= 0.6 is 0 Å². The number of hydrogen-bond donors (Lipinski definition) is 5. The molecule has 198 valence electrons. The quantitative estimate of drug-likeness (QED) is 0.276. The molecule has 2 saturated heterocycles. The topological polar surface area (TPSA) is 179 Å². The molecule has 0 bridgehead atoms. The summed E-state index contributed by atoms with van der Waals surface area (Å²) >= 11 is 0. The van der Waals surface area contributed by atoms with Gasteiger partial charge in [0.05, 0.1) is 12.2 Å². The SMILES string of the molecule is C[C@@H](O)[C@H](NC(=O)[C@@]1(Cc2ccccc2)CCCN1C(=O)[C@@H]1CCCN1C(=O)[C@H](N)[C@@H](C)O)C(N)=O. The molecule has 4 amide bonds. The molecule has 2 heterocycles. The molecule has 36 heavy (non-hydrogen) atoms. The zero-order valence-electron chi connectivity index (χ0n) is 20.8. The van der Waals surface area contributed by atoms with Gasteiger partial charge in [0.15, 0.2) is 0 Å². The van der Waals surface area contributed by atoms with Crippen LogP contribution in [0.4, 0.5) is 0 Å². The molecule has 0 radical (unpaired) electrons. The second-order valence-corrected chi connectivity index (χ2v) is 9.84. The number of aliphatic hydroxyl groups excluding tert-OH is 2. The number of aliphatic hydroxyl groups is 2. The predicted molar refractivity (Wildman–Crippen MR) is 131 cm³/mol. The van der Waals surface area contributed by atoms with Crippen LogP contribution in [0, 0.1) is 0 Å². The van der Waals surface area contributed by atoms with Crippen molar-refractivity contribution >= 4 is 23.6 Å². The Bertz CT molecular complexity index is 971. The first-order chi connectivity index (χ1) is 17.0. The maximum atomic E-state index is 13.9.